The molecule has 232 valence electrons. The molecule has 1 aromatic heterocycles. The number of furan rings is 1. The Hall–Kier alpha value is -6.12. The SMILES string of the molecule is CC1(C)c2ccccc2-c2c(N(c3ccc(-c4ccc5ccccc5c4)cc3)c3ccc4oc5ccccc5c4c3)cc3ccccc3c21. The Morgan fingerprint density at radius 2 is 1.12 bits per heavy atom. The predicted octanol–water partition coefficient (Wildman–Crippen LogP) is 13.3. The van der Waals surface area contributed by atoms with Crippen LogP contribution in [0.4, 0.5) is 17.1 Å². The van der Waals surface area contributed by atoms with Crippen molar-refractivity contribution in [3.8, 4) is 22.3 Å². The molecule has 0 N–H and O–H groups in total. The van der Waals surface area contributed by atoms with Gasteiger partial charge in [-0.3, -0.25) is 0 Å². The predicted molar refractivity (Wildman–Crippen MR) is 206 cm³/mol. The number of para-hydroxylation sites is 1. The number of fused-ring (bicyclic) bond motifs is 9. The molecule has 1 aliphatic carbocycles. The van der Waals surface area contributed by atoms with Crippen molar-refractivity contribution in [3.05, 3.63) is 175 Å². The summed E-state index contributed by atoms with van der Waals surface area (Å²) >= 11 is 0. The summed E-state index contributed by atoms with van der Waals surface area (Å²) < 4.78 is 6.28. The van der Waals surface area contributed by atoms with E-state index < -0.39 is 0 Å². The van der Waals surface area contributed by atoms with Crippen LogP contribution < -0.4 is 4.90 Å². The maximum atomic E-state index is 6.28. The average Bonchev–Trinajstić information content (AvgIpc) is 3.64. The Balaban J connectivity index is 1.24. The summed E-state index contributed by atoms with van der Waals surface area (Å²) in [6, 6.07) is 59.5. The van der Waals surface area contributed by atoms with Crippen molar-refractivity contribution in [2.45, 2.75) is 19.3 Å². The van der Waals surface area contributed by atoms with Crippen molar-refractivity contribution in [1.29, 1.82) is 0 Å². The third-order valence-electron chi connectivity index (χ3n) is 10.6. The molecule has 0 fully saturated rings. The number of rotatable bonds is 4. The number of hydrogen-bond acceptors (Lipinski definition) is 2. The Bertz CT molecular complexity index is 2750. The molecule has 0 aliphatic heterocycles. The third-order valence-corrected chi connectivity index (χ3v) is 10.6. The van der Waals surface area contributed by atoms with E-state index in [9.17, 15) is 0 Å². The van der Waals surface area contributed by atoms with E-state index >= 15 is 0 Å². The van der Waals surface area contributed by atoms with Crippen LogP contribution in [0.2, 0.25) is 0 Å². The normalized spacial score (nSPS) is 13.3. The van der Waals surface area contributed by atoms with Gasteiger partial charge >= 0.3 is 0 Å². The minimum atomic E-state index is -0.155. The van der Waals surface area contributed by atoms with Crippen LogP contribution in [-0.2, 0) is 5.41 Å². The van der Waals surface area contributed by atoms with Crippen molar-refractivity contribution in [3.63, 3.8) is 0 Å². The lowest BCUT2D eigenvalue weighted by atomic mass is 9.80. The zero-order chi connectivity index (χ0) is 32.7. The lowest BCUT2D eigenvalue weighted by molar-refractivity contribution is 0.666. The van der Waals surface area contributed by atoms with Gasteiger partial charge in [0.15, 0.2) is 0 Å². The van der Waals surface area contributed by atoms with Crippen LogP contribution >= 0.6 is 0 Å². The van der Waals surface area contributed by atoms with E-state index in [1.54, 1.807) is 0 Å². The van der Waals surface area contributed by atoms with Crippen molar-refractivity contribution in [2.24, 2.45) is 0 Å². The largest absolute Gasteiger partial charge is 0.456 e. The monoisotopic (exact) mass is 627 g/mol. The summed E-state index contributed by atoms with van der Waals surface area (Å²) in [7, 11) is 0. The standard InChI is InChI=1S/C47H33NO/c1-47(2)41-17-9-7-16-39(41)45-42(28-34-13-5-6-14-37(34)46(45)47)48(36-25-26-44-40(29-36)38-15-8-10-18-43(38)49-44)35-23-21-31(22-24-35)33-20-19-30-11-3-4-12-32(30)27-33/h3-29H,1-2H3. The third kappa shape index (κ3) is 4.20. The van der Waals surface area contributed by atoms with Gasteiger partial charge < -0.3 is 9.32 Å². The summed E-state index contributed by atoms with van der Waals surface area (Å²) in [5.41, 5.74) is 12.8. The van der Waals surface area contributed by atoms with Crippen LogP contribution in [-0.4, -0.2) is 0 Å². The van der Waals surface area contributed by atoms with Gasteiger partial charge in [-0.15, -0.1) is 0 Å². The van der Waals surface area contributed by atoms with E-state index in [4.69, 9.17) is 4.42 Å². The number of anilines is 3. The average molecular weight is 628 g/mol. The van der Waals surface area contributed by atoms with Crippen LogP contribution in [0.1, 0.15) is 25.0 Å². The lowest BCUT2D eigenvalue weighted by Crippen LogP contribution is -2.16. The van der Waals surface area contributed by atoms with Gasteiger partial charge in [0, 0.05) is 33.1 Å². The molecule has 10 rings (SSSR count). The van der Waals surface area contributed by atoms with E-state index in [1.165, 1.54) is 60.6 Å². The molecule has 2 nitrogen and oxygen atoms in total. The number of benzene rings is 8. The molecule has 0 spiro atoms. The summed E-state index contributed by atoms with van der Waals surface area (Å²) in [6.45, 7) is 4.75. The van der Waals surface area contributed by atoms with Gasteiger partial charge in [0.25, 0.3) is 0 Å². The zero-order valence-electron chi connectivity index (χ0n) is 27.4. The van der Waals surface area contributed by atoms with Crippen LogP contribution in [0.15, 0.2) is 168 Å². The number of hydrogen-bond donors (Lipinski definition) is 0. The quantitative estimate of drug-likeness (QED) is 0.193. The Morgan fingerprint density at radius 3 is 1.98 bits per heavy atom. The summed E-state index contributed by atoms with van der Waals surface area (Å²) in [6.07, 6.45) is 0. The van der Waals surface area contributed by atoms with Gasteiger partial charge in [-0.1, -0.05) is 129 Å². The minimum absolute atomic E-state index is 0.155. The Morgan fingerprint density at radius 1 is 0.469 bits per heavy atom. The number of nitrogens with zero attached hydrogens (tertiary/aromatic N) is 1. The fraction of sp³-hybridized carbons (Fsp3) is 0.0638. The molecule has 0 bridgehead atoms. The van der Waals surface area contributed by atoms with Crippen molar-refractivity contribution in [2.75, 3.05) is 4.90 Å². The van der Waals surface area contributed by atoms with E-state index in [1.807, 2.05) is 12.1 Å². The summed E-state index contributed by atoms with van der Waals surface area (Å²) in [5.74, 6) is 0. The van der Waals surface area contributed by atoms with Crippen molar-refractivity contribution < 1.29 is 4.42 Å². The highest BCUT2D eigenvalue weighted by Crippen LogP contribution is 2.57. The smallest absolute Gasteiger partial charge is 0.135 e. The molecule has 1 aliphatic rings. The highest BCUT2D eigenvalue weighted by Gasteiger charge is 2.39. The molecule has 0 atom stereocenters. The lowest BCUT2D eigenvalue weighted by Gasteiger charge is -2.30. The molecule has 0 saturated carbocycles. The highest BCUT2D eigenvalue weighted by atomic mass is 16.3. The maximum absolute atomic E-state index is 6.28. The van der Waals surface area contributed by atoms with Crippen molar-refractivity contribution in [1.82, 2.24) is 0 Å². The fourth-order valence-electron chi connectivity index (χ4n) is 8.26. The first-order valence-electron chi connectivity index (χ1n) is 17.0. The minimum Gasteiger partial charge on any atom is -0.456 e. The van der Waals surface area contributed by atoms with Crippen LogP contribution in [0, 0.1) is 0 Å². The molecule has 0 radical (unpaired) electrons. The second-order valence-electron chi connectivity index (χ2n) is 13.8. The molecular formula is C47H33NO. The van der Waals surface area contributed by atoms with Gasteiger partial charge in [0.05, 0.1) is 5.69 Å². The summed E-state index contributed by atoms with van der Waals surface area (Å²) in [4.78, 5) is 2.45. The topological polar surface area (TPSA) is 16.4 Å². The highest BCUT2D eigenvalue weighted by molar-refractivity contribution is 6.09. The van der Waals surface area contributed by atoms with Crippen LogP contribution in [0.25, 0.3) is 65.7 Å². The van der Waals surface area contributed by atoms with Crippen LogP contribution in [0.3, 0.4) is 0 Å². The molecule has 8 aromatic carbocycles. The molecular weight excluding hydrogens is 595 g/mol. The van der Waals surface area contributed by atoms with E-state index in [2.05, 4.69) is 170 Å². The van der Waals surface area contributed by atoms with Crippen LogP contribution in [0.5, 0.6) is 0 Å². The molecule has 1 heterocycles. The van der Waals surface area contributed by atoms with Gasteiger partial charge in [-0.25, -0.2) is 0 Å². The molecule has 49 heavy (non-hydrogen) atoms. The molecule has 2 heteroatoms. The Kier molecular flexibility index (Phi) is 5.95. The van der Waals surface area contributed by atoms with E-state index in [0.29, 0.717) is 0 Å². The second-order valence-corrected chi connectivity index (χ2v) is 13.8. The fourth-order valence-corrected chi connectivity index (χ4v) is 8.26. The Labute approximate surface area is 285 Å². The van der Waals surface area contributed by atoms with Gasteiger partial charge in [0.2, 0.25) is 0 Å². The first kappa shape index (κ1) is 27.9. The van der Waals surface area contributed by atoms with E-state index in [0.717, 1.165) is 33.3 Å². The van der Waals surface area contributed by atoms with Gasteiger partial charge in [-0.05, 0) is 97.9 Å². The van der Waals surface area contributed by atoms with Gasteiger partial charge in [-0.2, -0.15) is 0 Å². The molecule has 0 amide bonds. The maximum Gasteiger partial charge on any atom is 0.135 e. The first-order chi connectivity index (χ1) is 24.0. The molecule has 9 aromatic rings. The van der Waals surface area contributed by atoms with Crippen molar-refractivity contribution >= 4 is 60.5 Å². The summed E-state index contributed by atoms with van der Waals surface area (Å²) in [5, 5.41) is 7.30. The first-order valence-corrected chi connectivity index (χ1v) is 17.0. The van der Waals surface area contributed by atoms with Gasteiger partial charge in [0.1, 0.15) is 11.2 Å². The second kappa shape index (κ2) is 10.4. The molecule has 0 saturated heterocycles. The van der Waals surface area contributed by atoms with E-state index in [-0.39, 0.29) is 5.41 Å². The zero-order valence-corrected chi connectivity index (χ0v) is 27.4. The molecule has 0 unspecified atom stereocenters.